The van der Waals surface area contributed by atoms with Gasteiger partial charge in [0.15, 0.2) is 0 Å². The molecule has 0 saturated carbocycles. The number of aryl methyl sites for hydroxylation is 1. The fourth-order valence-corrected chi connectivity index (χ4v) is 2.74. The Hall–Kier alpha value is -2.75. The van der Waals surface area contributed by atoms with Crippen molar-refractivity contribution in [1.82, 2.24) is 4.57 Å². The molecule has 4 nitrogen and oxygen atoms in total. The molecule has 0 spiro atoms. The van der Waals surface area contributed by atoms with Crippen molar-refractivity contribution in [2.24, 2.45) is 12.0 Å². The van der Waals surface area contributed by atoms with Crippen LogP contribution in [0.5, 0.6) is 11.5 Å². The molecule has 4 heteroatoms. The number of nitrogens with zero attached hydrogens (tertiary/aromatic N) is 2. The standard InChI is InChI=1S/C19H20N2O2/c1-13-16(15-7-5-6-8-18(15)21(13)2)12-20-17-10-9-14(22-3)11-19(17)23-4/h5-12H,1-4H3. The molecule has 0 amide bonds. The molecule has 0 N–H and O–H groups in total. The molecule has 0 aliphatic carbocycles. The summed E-state index contributed by atoms with van der Waals surface area (Å²) in [6, 6.07) is 14.0. The van der Waals surface area contributed by atoms with Gasteiger partial charge in [0.25, 0.3) is 0 Å². The third kappa shape index (κ3) is 2.68. The highest BCUT2D eigenvalue weighted by Crippen LogP contribution is 2.32. The van der Waals surface area contributed by atoms with E-state index in [1.807, 2.05) is 30.5 Å². The number of aromatic nitrogens is 1. The first kappa shape index (κ1) is 15.2. The fourth-order valence-electron chi connectivity index (χ4n) is 2.74. The first-order valence-electron chi connectivity index (χ1n) is 7.46. The number of hydrogen-bond acceptors (Lipinski definition) is 3. The van der Waals surface area contributed by atoms with Crippen molar-refractivity contribution in [2.45, 2.75) is 6.92 Å². The first-order valence-corrected chi connectivity index (χ1v) is 7.46. The lowest BCUT2D eigenvalue weighted by molar-refractivity contribution is 0.395. The molecule has 118 valence electrons. The molecular weight excluding hydrogens is 288 g/mol. The maximum Gasteiger partial charge on any atom is 0.148 e. The second kappa shape index (κ2) is 6.16. The van der Waals surface area contributed by atoms with Crippen LogP contribution in [0, 0.1) is 6.92 Å². The molecule has 1 aromatic heterocycles. The molecule has 2 aromatic carbocycles. The monoisotopic (exact) mass is 308 g/mol. The van der Waals surface area contributed by atoms with Gasteiger partial charge < -0.3 is 14.0 Å². The summed E-state index contributed by atoms with van der Waals surface area (Å²) in [6.45, 7) is 2.10. The lowest BCUT2D eigenvalue weighted by Crippen LogP contribution is -1.92. The Bertz CT molecular complexity index is 878. The van der Waals surface area contributed by atoms with Gasteiger partial charge in [0.05, 0.1) is 14.2 Å². The second-order valence-electron chi connectivity index (χ2n) is 5.37. The van der Waals surface area contributed by atoms with E-state index in [9.17, 15) is 0 Å². The number of fused-ring (bicyclic) bond motifs is 1. The van der Waals surface area contributed by atoms with Crippen molar-refractivity contribution in [3.8, 4) is 11.5 Å². The molecule has 0 unspecified atom stereocenters. The van der Waals surface area contributed by atoms with Gasteiger partial charge in [0.2, 0.25) is 0 Å². The first-order chi connectivity index (χ1) is 11.2. The molecule has 1 heterocycles. The largest absolute Gasteiger partial charge is 0.497 e. The topological polar surface area (TPSA) is 35.8 Å². The number of aliphatic imine (C=N–C) groups is 1. The van der Waals surface area contributed by atoms with Crippen LogP contribution in [0.15, 0.2) is 47.5 Å². The molecule has 3 rings (SSSR count). The van der Waals surface area contributed by atoms with Crippen LogP contribution in [0.4, 0.5) is 5.69 Å². The summed E-state index contributed by atoms with van der Waals surface area (Å²) in [7, 11) is 5.34. The van der Waals surface area contributed by atoms with Crippen LogP contribution in [0.1, 0.15) is 11.3 Å². The normalized spacial score (nSPS) is 11.3. The van der Waals surface area contributed by atoms with Gasteiger partial charge in [0.1, 0.15) is 17.2 Å². The van der Waals surface area contributed by atoms with E-state index in [4.69, 9.17) is 9.47 Å². The van der Waals surface area contributed by atoms with E-state index >= 15 is 0 Å². The van der Waals surface area contributed by atoms with Gasteiger partial charge in [-0.2, -0.15) is 0 Å². The van der Waals surface area contributed by atoms with E-state index in [0.717, 1.165) is 17.0 Å². The smallest absolute Gasteiger partial charge is 0.148 e. The van der Waals surface area contributed by atoms with Crippen molar-refractivity contribution >= 4 is 22.8 Å². The van der Waals surface area contributed by atoms with Gasteiger partial charge in [-0.25, -0.2) is 0 Å². The zero-order valence-electron chi connectivity index (χ0n) is 13.8. The van der Waals surface area contributed by atoms with Crippen LogP contribution in [0.3, 0.4) is 0 Å². The Kier molecular flexibility index (Phi) is 4.06. The molecular formula is C19H20N2O2. The van der Waals surface area contributed by atoms with Crippen LogP contribution in [-0.4, -0.2) is 25.0 Å². The lowest BCUT2D eigenvalue weighted by Gasteiger charge is -2.06. The number of hydrogen-bond donors (Lipinski definition) is 0. The van der Waals surface area contributed by atoms with Gasteiger partial charge in [-0.1, -0.05) is 18.2 Å². The number of rotatable bonds is 4. The average Bonchev–Trinajstić information content (AvgIpc) is 2.84. The third-order valence-electron chi connectivity index (χ3n) is 4.17. The van der Waals surface area contributed by atoms with Crippen LogP contribution < -0.4 is 9.47 Å². The number of ether oxygens (including phenoxy) is 2. The summed E-state index contributed by atoms with van der Waals surface area (Å²) in [5, 5.41) is 1.20. The van der Waals surface area contributed by atoms with Crippen molar-refractivity contribution in [1.29, 1.82) is 0 Å². The van der Waals surface area contributed by atoms with Gasteiger partial charge >= 0.3 is 0 Å². The van der Waals surface area contributed by atoms with Crippen molar-refractivity contribution < 1.29 is 9.47 Å². The Morgan fingerprint density at radius 3 is 2.57 bits per heavy atom. The van der Waals surface area contributed by atoms with E-state index in [-0.39, 0.29) is 0 Å². The number of benzene rings is 2. The van der Waals surface area contributed by atoms with Crippen molar-refractivity contribution in [3.63, 3.8) is 0 Å². The molecule has 0 atom stereocenters. The zero-order valence-corrected chi connectivity index (χ0v) is 13.8. The summed E-state index contributed by atoms with van der Waals surface area (Å²) in [4.78, 5) is 4.63. The van der Waals surface area contributed by atoms with E-state index in [1.54, 1.807) is 14.2 Å². The maximum absolute atomic E-state index is 5.40. The highest BCUT2D eigenvalue weighted by molar-refractivity contribution is 6.01. The van der Waals surface area contributed by atoms with Crippen LogP contribution >= 0.6 is 0 Å². The predicted octanol–water partition coefficient (Wildman–Crippen LogP) is 4.25. The van der Waals surface area contributed by atoms with E-state index < -0.39 is 0 Å². The molecule has 0 aliphatic heterocycles. The minimum Gasteiger partial charge on any atom is -0.497 e. The molecule has 0 aliphatic rings. The minimum absolute atomic E-state index is 0.693. The second-order valence-corrected chi connectivity index (χ2v) is 5.37. The molecule has 3 aromatic rings. The van der Waals surface area contributed by atoms with Gasteiger partial charge in [-0.15, -0.1) is 0 Å². The number of para-hydroxylation sites is 1. The summed E-state index contributed by atoms with van der Waals surface area (Å²) in [6.07, 6.45) is 1.90. The zero-order chi connectivity index (χ0) is 16.4. The minimum atomic E-state index is 0.693. The summed E-state index contributed by atoms with van der Waals surface area (Å²) in [5.74, 6) is 1.45. The van der Waals surface area contributed by atoms with Gasteiger partial charge in [0, 0.05) is 41.5 Å². The van der Waals surface area contributed by atoms with Crippen LogP contribution in [-0.2, 0) is 7.05 Å². The third-order valence-corrected chi connectivity index (χ3v) is 4.17. The van der Waals surface area contributed by atoms with E-state index in [1.165, 1.54) is 16.6 Å². The van der Waals surface area contributed by atoms with Gasteiger partial charge in [-0.05, 0) is 25.1 Å². The summed E-state index contributed by atoms with van der Waals surface area (Å²) in [5.41, 5.74) is 4.29. The van der Waals surface area contributed by atoms with Crippen LogP contribution in [0.2, 0.25) is 0 Å². The Morgan fingerprint density at radius 2 is 1.83 bits per heavy atom. The van der Waals surface area contributed by atoms with Crippen molar-refractivity contribution in [2.75, 3.05) is 14.2 Å². The molecule has 23 heavy (non-hydrogen) atoms. The number of methoxy groups -OCH3 is 2. The van der Waals surface area contributed by atoms with E-state index in [2.05, 4.69) is 41.7 Å². The average molecular weight is 308 g/mol. The fraction of sp³-hybridized carbons (Fsp3) is 0.211. The SMILES string of the molecule is COc1ccc(N=Cc2c(C)n(C)c3ccccc23)c(OC)c1. The van der Waals surface area contributed by atoms with Crippen LogP contribution in [0.25, 0.3) is 10.9 Å². The highest BCUT2D eigenvalue weighted by atomic mass is 16.5. The molecule has 0 fully saturated rings. The highest BCUT2D eigenvalue weighted by Gasteiger charge is 2.10. The van der Waals surface area contributed by atoms with E-state index in [0.29, 0.717) is 5.75 Å². The Labute approximate surface area is 136 Å². The molecule has 0 bridgehead atoms. The summed E-state index contributed by atoms with van der Waals surface area (Å²) < 4.78 is 12.8. The van der Waals surface area contributed by atoms with Crippen molar-refractivity contribution in [3.05, 3.63) is 53.7 Å². The predicted molar refractivity (Wildman–Crippen MR) is 94.5 cm³/mol. The molecule has 0 saturated heterocycles. The molecule has 0 radical (unpaired) electrons. The lowest BCUT2D eigenvalue weighted by atomic mass is 10.1. The Balaban J connectivity index is 2.06. The Morgan fingerprint density at radius 1 is 1.04 bits per heavy atom. The maximum atomic E-state index is 5.40. The quantitative estimate of drug-likeness (QED) is 0.675. The summed E-state index contributed by atoms with van der Waals surface area (Å²) >= 11 is 0. The van der Waals surface area contributed by atoms with Gasteiger partial charge in [-0.3, -0.25) is 4.99 Å².